The minimum Gasteiger partial charge on any atom is -0.396 e. The van der Waals surface area contributed by atoms with E-state index in [-0.39, 0.29) is 17.4 Å². The molecule has 5 aliphatic carbocycles. The zero-order valence-corrected chi connectivity index (χ0v) is 22.1. The number of aliphatic hydroxyl groups is 2. The highest BCUT2D eigenvalue weighted by atomic mass is 16.3. The molecule has 33 heavy (non-hydrogen) atoms. The smallest absolute Gasteiger partial charge is 0.0641 e. The van der Waals surface area contributed by atoms with Crippen molar-refractivity contribution < 1.29 is 10.2 Å². The molecule has 0 aliphatic heterocycles. The van der Waals surface area contributed by atoms with Gasteiger partial charge in [-0.2, -0.15) is 0 Å². The van der Waals surface area contributed by atoms with Gasteiger partial charge in [0.2, 0.25) is 0 Å². The van der Waals surface area contributed by atoms with E-state index in [4.69, 9.17) is 5.73 Å². The van der Waals surface area contributed by atoms with E-state index in [1.165, 1.54) is 44.9 Å². The summed E-state index contributed by atoms with van der Waals surface area (Å²) in [4.78, 5) is 0. The van der Waals surface area contributed by atoms with Gasteiger partial charge in [0.1, 0.15) is 0 Å². The van der Waals surface area contributed by atoms with Crippen LogP contribution in [0.3, 0.4) is 0 Å². The second kappa shape index (κ2) is 7.56. The fraction of sp³-hybridized carbons (Fsp3) is 0.933. The van der Waals surface area contributed by atoms with Crippen LogP contribution in [0.4, 0.5) is 0 Å². The molecule has 0 aromatic rings. The quantitative estimate of drug-likeness (QED) is 0.460. The maximum atomic E-state index is 10.7. The van der Waals surface area contributed by atoms with Crippen LogP contribution in [-0.4, -0.2) is 29.5 Å². The number of fused-ring (bicyclic) bond motifs is 7. The number of rotatable bonds is 3. The Morgan fingerprint density at radius 2 is 1.55 bits per heavy atom. The largest absolute Gasteiger partial charge is 0.396 e. The van der Waals surface area contributed by atoms with Gasteiger partial charge < -0.3 is 15.9 Å². The molecule has 0 aromatic heterocycles. The first-order chi connectivity index (χ1) is 15.4. The fourth-order valence-corrected chi connectivity index (χ4v) is 11.6. The molecule has 0 radical (unpaired) electrons. The molecule has 5 fully saturated rings. The molecular weight excluding hydrogens is 406 g/mol. The molecule has 0 bridgehead atoms. The second-order valence-corrected chi connectivity index (χ2v) is 14.6. The van der Waals surface area contributed by atoms with Crippen molar-refractivity contribution in [2.24, 2.45) is 62.4 Å². The monoisotopic (exact) mass is 457 g/mol. The molecule has 4 N–H and O–H groups in total. The van der Waals surface area contributed by atoms with Gasteiger partial charge >= 0.3 is 0 Å². The lowest BCUT2D eigenvalue weighted by Crippen LogP contribution is -2.67. The molecule has 10 atom stereocenters. The summed E-state index contributed by atoms with van der Waals surface area (Å²) in [5.41, 5.74) is 9.02. The zero-order valence-electron chi connectivity index (χ0n) is 22.1. The van der Waals surface area contributed by atoms with Gasteiger partial charge in [-0.15, -0.1) is 0 Å². The SMILES string of the molecule is C=C(CO)[C@@H]1CC[C@]2(CO)CC[C@]3(C)[C@H](CC[C@@H]4[C@@]5(C)CCC(N)C(C)(C)[C@@H]5CC[C@]43C)[C@@H]12. The van der Waals surface area contributed by atoms with Gasteiger partial charge in [-0.3, -0.25) is 0 Å². The predicted molar refractivity (Wildman–Crippen MR) is 135 cm³/mol. The van der Waals surface area contributed by atoms with E-state index in [1.54, 1.807) is 0 Å². The van der Waals surface area contributed by atoms with Crippen molar-refractivity contribution >= 4 is 0 Å². The average molecular weight is 458 g/mol. The van der Waals surface area contributed by atoms with Crippen molar-refractivity contribution in [3.8, 4) is 0 Å². The van der Waals surface area contributed by atoms with Gasteiger partial charge in [-0.1, -0.05) is 41.2 Å². The zero-order chi connectivity index (χ0) is 24.0. The third kappa shape index (κ3) is 2.91. The second-order valence-electron chi connectivity index (χ2n) is 14.6. The van der Waals surface area contributed by atoms with Gasteiger partial charge in [0, 0.05) is 12.6 Å². The Kier molecular flexibility index (Phi) is 5.57. The molecule has 0 amide bonds. The molecular formula is C30H51NO2. The van der Waals surface area contributed by atoms with E-state index in [0.29, 0.717) is 46.6 Å². The van der Waals surface area contributed by atoms with Gasteiger partial charge in [-0.25, -0.2) is 0 Å². The lowest BCUT2D eigenvalue weighted by Gasteiger charge is -2.73. The first-order valence-electron chi connectivity index (χ1n) is 14.1. The van der Waals surface area contributed by atoms with Crippen LogP contribution >= 0.6 is 0 Å². The first-order valence-corrected chi connectivity index (χ1v) is 14.1. The summed E-state index contributed by atoms with van der Waals surface area (Å²) in [6, 6.07) is 0.329. The van der Waals surface area contributed by atoms with Crippen LogP contribution in [0.2, 0.25) is 0 Å². The van der Waals surface area contributed by atoms with E-state index in [9.17, 15) is 10.2 Å². The first kappa shape index (κ1) is 24.3. The Bertz CT molecular complexity index is 807. The summed E-state index contributed by atoms with van der Waals surface area (Å²) < 4.78 is 0. The van der Waals surface area contributed by atoms with Crippen LogP contribution in [-0.2, 0) is 0 Å². The van der Waals surface area contributed by atoms with Crippen molar-refractivity contribution in [2.75, 3.05) is 13.2 Å². The van der Waals surface area contributed by atoms with Crippen LogP contribution in [0, 0.1) is 56.7 Å². The van der Waals surface area contributed by atoms with Crippen LogP contribution in [0.1, 0.15) is 98.8 Å². The van der Waals surface area contributed by atoms with Gasteiger partial charge in [-0.05, 0) is 126 Å². The normalized spacial score (nSPS) is 55.2. The highest BCUT2D eigenvalue weighted by molar-refractivity contribution is 5.22. The van der Waals surface area contributed by atoms with Crippen molar-refractivity contribution in [3.05, 3.63) is 12.2 Å². The molecule has 5 saturated carbocycles. The molecule has 0 saturated heterocycles. The molecule has 0 aromatic carbocycles. The minimum absolute atomic E-state index is 0.0524. The van der Waals surface area contributed by atoms with Crippen LogP contribution in [0.15, 0.2) is 12.2 Å². The summed E-state index contributed by atoms with van der Waals surface area (Å²) in [6.45, 7) is 17.6. The Hall–Kier alpha value is -0.380. The van der Waals surface area contributed by atoms with Crippen molar-refractivity contribution in [1.29, 1.82) is 0 Å². The van der Waals surface area contributed by atoms with E-state index >= 15 is 0 Å². The van der Waals surface area contributed by atoms with Gasteiger partial charge in [0.05, 0.1) is 6.61 Å². The number of nitrogens with two attached hydrogens (primary N) is 1. The predicted octanol–water partition coefficient (Wildman–Crippen LogP) is 5.94. The Balaban J connectivity index is 1.54. The maximum absolute atomic E-state index is 10.7. The van der Waals surface area contributed by atoms with E-state index < -0.39 is 0 Å². The van der Waals surface area contributed by atoms with E-state index in [2.05, 4.69) is 41.2 Å². The summed E-state index contributed by atoms with van der Waals surface area (Å²) in [7, 11) is 0. The number of hydrogen-bond donors (Lipinski definition) is 3. The Morgan fingerprint density at radius 3 is 2.21 bits per heavy atom. The number of hydrogen-bond acceptors (Lipinski definition) is 3. The van der Waals surface area contributed by atoms with Gasteiger partial charge in [0.15, 0.2) is 0 Å². The summed E-state index contributed by atoms with van der Waals surface area (Å²) in [5, 5.41) is 20.7. The molecule has 3 nitrogen and oxygen atoms in total. The standard InChI is InChI=1S/C30H51NO2/c1-19(17-32)20-9-14-30(18-33)16-15-28(5)21(25(20)30)7-8-23-27(4)12-11-24(31)26(2,3)22(27)10-13-29(23,28)6/h20-25,32-33H,1,7-18,31H2,2-6H3/t20-,21+,22-,23+,24?,25+,27-,28+,29+,30+/m0/s1. The van der Waals surface area contributed by atoms with Crippen LogP contribution < -0.4 is 5.73 Å². The van der Waals surface area contributed by atoms with Crippen molar-refractivity contribution in [2.45, 2.75) is 105 Å². The topological polar surface area (TPSA) is 66.5 Å². The lowest BCUT2D eigenvalue weighted by molar-refractivity contribution is -0.240. The molecule has 5 aliphatic rings. The molecule has 0 heterocycles. The summed E-state index contributed by atoms with van der Waals surface area (Å²) in [6.07, 6.45) is 12.3. The molecule has 188 valence electrons. The fourth-order valence-electron chi connectivity index (χ4n) is 11.6. The summed E-state index contributed by atoms with van der Waals surface area (Å²) >= 11 is 0. The molecule has 3 heteroatoms. The Labute approximate surface area is 203 Å². The Morgan fingerprint density at radius 1 is 0.818 bits per heavy atom. The van der Waals surface area contributed by atoms with Crippen LogP contribution in [0.5, 0.6) is 0 Å². The third-order valence-corrected chi connectivity index (χ3v) is 13.8. The number of aliphatic hydroxyl groups excluding tert-OH is 2. The van der Waals surface area contributed by atoms with Gasteiger partial charge in [0.25, 0.3) is 0 Å². The molecule has 1 unspecified atom stereocenters. The molecule has 0 spiro atoms. The van der Waals surface area contributed by atoms with Crippen molar-refractivity contribution in [3.63, 3.8) is 0 Å². The van der Waals surface area contributed by atoms with Crippen LogP contribution in [0.25, 0.3) is 0 Å². The highest BCUT2D eigenvalue weighted by Gasteiger charge is 2.70. The molecule has 5 rings (SSSR count). The maximum Gasteiger partial charge on any atom is 0.0641 e. The lowest BCUT2D eigenvalue weighted by atomic mass is 9.32. The third-order valence-electron chi connectivity index (χ3n) is 13.8. The average Bonchev–Trinajstić information content (AvgIpc) is 3.17. The van der Waals surface area contributed by atoms with E-state index in [0.717, 1.165) is 36.7 Å². The van der Waals surface area contributed by atoms with E-state index in [1.807, 2.05) is 0 Å². The highest BCUT2D eigenvalue weighted by Crippen LogP contribution is 2.77. The summed E-state index contributed by atoms with van der Waals surface area (Å²) in [5.74, 6) is 2.99. The minimum atomic E-state index is 0.0524. The van der Waals surface area contributed by atoms with Crippen molar-refractivity contribution in [1.82, 2.24) is 0 Å².